The fourth-order valence-corrected chi connectivity index (χ4v) is 4.61. The summed E-state index contributed by atoms with van der Waals surface area (Å²) in [6.07, 6.45) is 1.96. The molecule has 1 aliphatic rings. The van der Waals surface area contributed by atoms with Gasteiger partial charge in [0.1, 0.15) is 17.9 Å². The third-order valence-corrected chi connectivity index (χ3v) is 6.88. The van der Waals surface area contributed by atoms with Crippen LogP contribution >= 0.6 is 0 Å². The number of hydrogen-bond acceptors (Lipinski definition) is 7. The lowest BCUT2D eigenvalue weighted by Crippen LogP contribution is -2.45. The predicted molar refractivity (Wildman–Crippen MR) is 140 cm³/mol. The van der Waals surface area contributed by atoms with E-state index in [9.17, 15) is 19.1 Å². The number of carbonyl (C=O) groups is 2. The summed E-state index contributed by atoms with van der Waals surface area (Å²) in [4.78, 5) is 25.3. The topological polar surface area (TPSA) is 91.3 Å². The summed E-state index contributed by atoms with van der Waals surface area (Å²) in [5, 5.41) is 13.0. The summed E-state index contributed by atoms with van der Waals surface area (Å²) >= 11 is 0. The number of fused-ring (bicyclic) bond motifs is 1. The van der Waals surface area contributed by atoms with Crippen molar-refractivity contribution in [1.82, 2.24) is 0 Å². The first-order valence-corrected chi connectivity index (χ1v) is 12.9. The molecule has 0 bridgehead atoms. The Balaban J connectivity index is 1.36. The van der Waals surface area contributed by atoms with Gasteiger partial charge in [0, 0.05) is 12.1 Å². The highest BCUT2D eigenvalue weighted by molar-refractivity contribution is 5.93. The summed E-state index contributed by atoms with van der Waals surface area (Å²) in [5.41, 5.74) is -0.711. The van der Waals surface area contributed by atoms with Gasteiger partial charge < -0.3 is 24.1 Å². The van der Waals surface area contributed by atoms with E-state index in [1.807, 2.05) is 49.4 Å². The fraction of sp³-hybridized carbons (Fsp3) is 0.400. The number of unbranched alkanes of at least 4 members (excludes halogenated alkanes) is 1. The lowest BCUT2D eigenvalue weighted by Gasteiger charge is -2.34. The number of aliphatic hydroxyl groups is 1. The molecule has 4 rings (SSSR count). The van der Waals surface area contributed by atoms with Crippen molar-refractivity contribution < 1.29 is 38.0 Å². The van der Waals surface area contributed by atoms with Gasteiger partial charge in [-0.1, -0.05) is 55.8 Å². The van der Waals surface area contributed by atoms with Crippen LogP contribution in [0.25, 0.3) is 10.8 Å². The number of ether oxygens (including phenoxy) is 4. The van der Waals surface area contributed by atoms with Gasteiger partial charge in [-0.3, -0.25) is 0 Å². The molecule has 38 heavy (non-hydrogen) atoms. The molecule has 1 N–H and O–H groups in total. The van der Waals surface area contributed by atoms with Crippen LogP contribution in [0.5, 0.6) is 11.5 Å². The van der Waals surface area contributed by atoms with E-state index in [-0.39, 0.29) is 43.1 Å². The average Bonchev–Trinajstić information content (AvgIpc) is 2.93. The van der Waals surface area contributed by atoms with E-state index in [4.69, 9.17) is 18.9 Å². The first-order valence-electron chi connectivity index (χ1n) is 12.9. The maximum absolute atomic E-state index is 14.7. The molecular weight excluding hydrogens is 491 g/mol. The molecule has 0 radical (unpaired) electrons. The highest BCUT2D eigenvalue weighted by Crippen LogP contribution is 2.35. The number of rotatable bonds is 10. The number of esters is 2. The first-order chi connectivity index (χ1) is 18.3. The van der Waals surface area contributed by atoms with Crippen molar-refractivity contribution in [2.75, 3.05) is 13.7 Å². The molecule has 0 heterocycles. The van der Waals surface area contributed by atoms with Crippen molar-refractivity contribution in [3.8, 4) is 11.5 Å². The van der Waals surface area contributed by atoms with Crippen molar-refractivity contribution in [2.24, 2.45) is 0 Å². The fourth-order valence-electron chi connectivity index (χ4n) is 4.61. The zero-order valence-corrected chi connectivity index (χ0v) is 21.7. The van der Waals surface area contributed by atoms with Gasteiger partial charge in [-0.15, -0.1) is 0 Å². The minimum Gasteiger partial charge on any atom is -0.496 e. The van der Waals surface area contributed by atoms with Gasteiger partial charge in [0.2, 0.25) is 0 Å². The number of hydrogen-bond donors (Lipinski definition) is 1. The van der Waals surface area contributed by atoms with E-state index in [1.165, 1.54) is 13.2 Å². The smallest absolute Gasteiger partial charge is 0.342 e. The van der Waals surface area contributed by atoms with Crippen molar-refractivity contribution in [1.29, 1.82) is 0 Å². The molecule has 202 valence electrons. The van der Waals surface area contributed by atoms with Crippen LogP contribution in [0, 0.1) is 5.82 Å². The second-order valence-electron chi connectivity index (χ2n) is 9.54. The minimum absolute atomic E-state index is 0.0522. The van der Waals surface area contributed by atoms with Crippen LogP contribution in [0.4, 0.5) is 4.39 Å². The molecule has 1 fully saturated rings. The molecule has 3 aromatic carbocycles. The van der Waals surface area contributed by atoms with Gasteiger partial charge in [0.05, 0.1) is 19.8 Å². The van der Waals surface area contributed by atoms with Crippen LogP contribution in [0.2, 0.25) is 0 Å². The largest absolute Gasteiger partial charge is 0.496 e. The molecule has 1 saturated carbocycles. The lowest BCUT2D eigenvalue weighted by atomic mass is 9.83. The SMILES string of the molecule is CCCCOC(=O)c1cc(OC2CCC(O)(C(=O)OCc3cccc4ccccc34)CC2)c(F)cc1OC. The Hall–Kier alpha value is -3.65. The van der Waals surface area contributed by atoms with E-state index in [2.05, 4.69) is 0 Å². The zero-order chi connectivity index (χ0) is 27.1. The molecule has 0 aromatic heterocycles. The van der Waals surface area contributed by atoms with Crippen molar-refractivity contribution in [3.63, 3.8) is 0 Å². The van der Waals surface area contributed by atoms with Gasteiger partial charge in [0.15, 0.2) is 17.2 Å². The molecule has 3 aromatic rings. The van der Waals surface area contributed by atoms with E-state index < -0.39 is 29.5 Å². The molecule has 7 nitrogen and oxygen atoms in total. The molecular formula is C30H33FO7. The van der Waals surface area contributed by atoms with Crippen LogP contribution in [0.15, 0.2) is 54.6 Å². The average molecular weight is 525 g/mol. The maximum atomic E-state index is 14.7. The molecule has 0 unspecified atom stereocenters. The normalized spacial score (nSPS) is 19.1. The van der Waals surface area contributed by atoms with E-state index in [1.54, 1.807) is 0 Å². The van der Waals surface area contributed by atoms with Gasteiger partial charge in [-0.25, -0.2) is 14.0 Å². The van der Waals surface area contributed by atoms with Crippen molar-refractivity contribution >= 4 is 22.7 Å². The van der Waals surface area contributed by atoms with Crippen molar-refractivity contribution in [3.05, 3.63) is 71.5 Å². The summed E-state index contributed by atoms with van der Waals surface area (Å²) in [5.74, 6) is -2.03. The van der Waals surface area contributed by atoms with E-state index in [0.29, 0.717) is 19.3 Å². The zero-order valence-electron chi connectivity index (χ0n) is 21.7. The second kappa shape index (κ2) is 12.3. The van der Waals surface area contributed by atoms with Crippen LogP contribution in [0.1, 0.15) is 61.4 Å². The molecule has 0 saturated heterocycles. The molecule has 0 spiro atoms. The summed E-state index contributed by atoms with van der Waals surface area (Å²) in [6, 6.07) is 16.0. The quantitative estimate of drug-likeness (QED) is 0.267. The Bertz CT molecular complexity index is 1280. The third kappa shape index (κ3) is 6.25. The molecule has 0 amide bonds. The second-order valence-corrected chi connectivity index (χ2v) is 9.54. The van der Waals surface area contributed by atoms with Crippen LogP contribution in [0.3, 0.4) is 0 Å². The summed E-state index contributed by atoms with van der Waals surface area (Å²) in [7, 11) is 1.35. The van der Waals surface area contributed by atoms with Crippen LogP contribution in [-0.2, 0) is 20.9 Å². The van der Waals surface area contributed by atoms with Gasteiger partial charge >= 0.3 is 11.9 Å². The lowest BCUT2D eigenvalue weighted by molar-refractivity contribution is -0.172. The number of halogens is 1. The van der Waals surface area contributed by atoms with E-state index >= 15 is 0 Å². The Morgan fingerprint density at radius 3 is 2.50 bits per heavy atom. The molecule has 8 heteroatoms. The van der Waals surface area contributed by atoms with Crippen LogP contribution < -0.4 is 9.47 Å². The number of carbonyl (C=O) groups excluding carboxylic acids is 2. The molecule has 0 atom stereocenters. The van der Waals surface area contributed by atoms with Gasteiger partial charge in [-0.05, 0) is 48.4 Å². The Labute approximate surface area is 221 Å². The Kier molecular flexibility index (Phi) is 8.84. The highest BCUT2D eigenvalue weighted by atomic mass is 19.1. The minimum atomic E-state index is -1.64. The standard InChI is InChI=1S/C30H33FO7/c1-3-4-16-36-28(32)24-17-27(25(31)18-26(24)35-2)38-22-12-14-30(34,15-13-22)29(33)37-19-21-10-7-9-20-8-5-6-11-23(20)21/h5-11,17-18,22,34H,3-4,12-16,19H2,1-2H3. The van der Waals surface area contributed by atoms with Crippen molar-refractivity contribution in [2.45, 2.75) is 63.8 Å². The maximum Gasteiger partial charge on any atom is 0.342 e. The highest BCUT2D eigenvalue weighted by Gasteiger charge is 2.42. The van der Waals surface area contributed by atoms with Gasteiger partial charge in [-0.2, -0.15) is 0 Å². The predicted octanol–water partition coefficient (Wildman–Crippen LogP) is 5.74. The Morgan fingerprint density at radius 2 is 1.76 bits per heavy atom. The van der Waals surface area contributed by atoms with Gasteiger partial charge in [0.25, 0.3) is 0 Å². The first kappa shape index (κ1) is 27.4. The number of methoxy groups -OCH3 is 1. The summed E-state index contributed by atoms with van der Waals surface area (Å²) in [6.45, 7) is 2.29. The van der Waals surface area contributed by atoms with Crippen LogP contribution in [-0.4, -0.2) is 42.5 Å². The third-order valence-electron chi connectivity index (χ3n) is 6.88. The Morgan fingerprint density at radius 1 is 1.03 bits per heavy atom. The molecule has 1 aliphatic carbocycles. The monoisotopic (exact) mass is 524 g/mol. The number of benzene rings is 3. The molecule has 0 aliphatic heterocycles. The summed E-state index contributed by atoms with van der Waals surface area (Å²) < 4.78 is 36.5. The van der Waals surface area contributed by atoms with E-state index in [0.717, 1.165) is 28.8 Å².